The summed E-state index contributed by atoms with van der Waals surface area (Å²) in [5.74, 6) is 0.469. The number of fused-ring (bicyclic) bond motifs is 2. The number of benzene rings is 1. The lowest BCUT2D eigenvalue weighted by molar-refractivity contribution is -0.122. The molecule has 6 rings (SSSR count). The molecule has 2 atom stereocenters. The van der Waals surface area contributed by atoms with E-state index in [4.69, 9.17) is 19.9 Å². The molecular weight excluding hydrogens is 576 g/mol. The number of carbonyl (C=O) groups is 2. The van der Waals surface area contributed by atoms with Crippen molar-refractivity contribution in [2.45, 2.75) is 71.4 Å². The van der Waals surface area contributed by atoms with Crippen molar-refractivity contribution in [2.24, 2.45) is 11.3 Å². The van der Waals surface area contributed by atoms with E-state index in [1.54, 1.807) is 6.20 Å². The number of hydrogen-bond donors (Lipinski definition) is 4. The van der Waals surface area contributed by atoms with Crippen molar-refractivity contribution in [2.75, 3.05) is 19.6 Å². The topological polar surface area (TPSA) is 144 Å². The molecule has 1 aromatic carbocycles. The van der Waals surface area contributed by atoms with Gasteiger partial charge in [0.15, 0.2) is 5.01 Å². The minimum absolute atomic E-state index is 0.156. The summed E-state index contributed by atoms with van der Waals surface area (Å²) in [5, 5.41) is 27.5. The molecule has 1 saturated heterocycles. The highest BCUT2D eigenvalue weighted by Crippen LogP contribution is 2.38. The standard InChI is InChI=1S/C32H40N6O2S.CH2O2/c1-32(2,3)24-8-9-26-22(16-24)17-28-30(36-26)41-31(37-28)29(40)35-27(12-15-38-13-10-25(39)11-14-38)21-6-4-20(5-7-21)23-18-33-34-19-23;2-1-3/h4-7,17-19,24-25,27,39H,8-16H2,1-3H3,(H,33,34)(H,35,40);1H,(H,2,3)/t24-,27+;/m0./s1. The molecular formula is C33H42N6O4S. The minimum atomic E-state index is -0.250. The van der Waals surface area contributed by atoms with Crippen LogP contribution in [0.15, 0.2) is 42.7 Å². The summed E-state index contributed by atoms with van der Waals surface area (Å²) in [6, 6.07) is 10.3. The first-order valence-electron chi connectivity index (χ1n) is 15.3. The maximum absolute atomic E-state index is 13.6. The van der Waals surface area contributed by atoms with Gasteiger partial charge in [-0.3, -0.25) is 14.7 Å². The number of carbonyl (C=O) groups excluding carboxylic acids is 1. The zero-order chi connectivity index (χ0) is 31.3. The van der Waals surface area contributed by atoms with Gasteiger partial charge in [0, 0.05) is 37.1 Å². The van der Waals surface area contributed by atoms with Crippen molar-refractivity contribution in [3.05, 3.63) is 64.6 Å². The summed E-state index contributed by atoms with van der Waals surface area (Å²) in [6.45, 7) is 9.31. The van der Waals surface area contributed by atoms with Gasteiger partial charge in [0.1, 0.15) is 10.3 Å². The molecule has 1 fully saturated rings. The fourth-order valence-corrected chi connectivity index (χ4v) is 7.01. The third-order valence-electron chi connectivity index (χ3n) is 8.91. The first kappa shape index (κ1) is 31.7. The van der Waals surface area contributed by atoms with E-state index in [1.165, 1.54) is 16.9 Å². The number of aliphatic hydroxyl groups is 1. The number of pyridine rings is 1. The van der Waals surface area contributed by atoms with Crippen LogP contribution in [-0.2, 0) is 17.6 Å². The number of amides is 1. The van der Waals surface area contributed by atoms with Gasteiger partial charge < -0.3 is 20.4 Å². The quantitative estimate of drug-likeness (QED) is 0.206. The minimum Gasteiger partial charge on any atom is -0.483 e. The molecule has 4 heterocycles. The lowest BCUT2D eigenvalue weighted by atomic mass is 9.71. The Labute approximate surface area is 261 Å². The largest absolute Gasteiger partial charge is 0.483 e. The van der Waals surface area contributed by atoms with E-state index < -0.39 is 0 Å². The molecule has 4 aromatic rings. The number of nitrogens with one attached hydrogen (secondary N) is 2. The van der Waals surface area contributed by atoms with Crippen LogP contribution in [0.1, 0.15) is 79.1 Å². The molecule has 1 amide bonds. The number of rotatable bonds is 7. The van der Waals surface area contributed by atoms with Crippen molar-refractivity contribution in [3.63, 3.8) is 0 Å². The summed E-state index contributed by atoms with van der Waals surface area (Å²) in [4.78, 5) is 34.9. The Morgan fingerprint density at radius 1 is 1.16 bits per heavy atom. The number of piperidine rings is 1. The molecule has 2 aliphatic rings. The van der Waals surface area contributed by atoms with Gasteiger partial charge in [-0.15, -0.1) is 0 Å². The van der Waals surface area contributed by atoms with Gasteiger partial charge in [0.25, 0.3) is 12.4 Å². The number of nitrogens with zero attached hydrogens (tertiary/aromatic N) is 4. The van der Waals surface area contributed by atoms with Gasteiger partial charge in [-0.05, 0) is 72.6 Å². The van der Waals surface area contributed by atoms with Gasteiger partial charge >= 0.3 is 0 Å². The maximum Gasteiger partial charge on any atom is 0.290 e. The molecule has 0 saturated carbocycles. The fraction of sp³-hybridized carbons (Fsp3) is 0.485. The molecule has 4 N–H and O–H groups in total. The zero-order valence-corrected chi connectivity index (χ0v) is 26.4. The van der Waals surface area contributed by atoms with Crippen LogP contribution in [0.4, 0.5) is 0 Å². The highest BCUT2D eigenvalue weighted by Gasteiger charge is 2.30. The van der Waals surface area contributed by atoms with Gasteiger partial charge in [0.2, 0.25) is 0 Å². The number of thiazole rings is 1. The van der Waals surface area contributed by atoms with Gasteiger partial charge in [-0.2, -0.15) is 5.10 Å². The molecule has 0 spiro atoms. The van der Waals surface area contributed by atoms with Crippen LogP contribution < -0.4 is 5.32 Å². The number of H-pyrrole nitrogens is 1. The van der Waals surface area contributed by atoms with Crippen molar-refractivity contribution in [3.8, 4) is 11.1 Å². The van der Waals surface area contributed by atoms with Gasteiger partial charge in [-0.1, -0.05) is 56.4 Å². The SMILES string of the molecule is CC(C)(C)[C@H]1CCc2nc3sc(C(=O)N[C@H](CCN4CCC(O)CC4)c4ccc(-c5cn[nH]c5)cc4)nc3cc2C1.O=CO. The van der Waals surface area contributed by atoms with Crippen LogP contribution in [0.25, 0.3) is 21.5 Å². The second-order valence-electron chi connectivity index (χ2n) is 12.8. The second kappa shape index (κ2) is 14.0. The van der Waals surface area contributed by atoms with Gasteiger partial charge in [0.05, 0.1) is 18.3 Å². The number of hydrogen-bond acceptors (Lipinski definition) is 8. The van der Waals surface area contributed by atoms with Crippen LogP contribution >= 0.6 is 11.3 Å². The molecule has 0 unspecified atom stereocenters. The number of aryl methyl sites for hydroxylation is 1. The highest BCUT2D eigenvalue weighted by atomic mass is 32.1. The Hall–Kier alpha value is -3.67. The number of aliphatic hydroxyl groups excluding tert-OH is 1. The van der Waals surface area contributed by atoms with E-state index in [-0.39, 0.29) is 29.9 Å². The van der Waals surface area contributed by atoms with E-state index in [2.05, 4.69) is 71.5 Å². The van der Waals surface area contributed by atoms with Crippen LogP contribution in [-0.4, -0.2) is 73.4 Å². The molecule has 3 aromatic heterocycles. The number of likely N-dealkylation sites (tertiary alicyclic amines) is 1. The Kier molecular flexibility index (Phi) is 10.1. The second-order valence-corrected chi connectivity index (χ2v) is 13.8. The van der Waals surface area contributed by atoms with Crippen molar-refractivity contribution < 1.29 is 19.8 Å². The van der Waals surface area contributed by atoms with Crippen LogP contribution in [0, 0.1) is 11.3 Å². The molecule has 1 aliphatic carbocycles. The predicted molar refractivity (Wildman–Crippen MR) is 172 cm³/mol. The molecule has 11 heteroatoms. The number of carboxylic acid groups (broad SMARTS) is 1. The number of aromatic amines is 1. The summed E-state index contributed by atoms with van der Waals surface area (Å²) >= 11 is 1.39. The van der Waals surface area contributed by atoms with Crippen molar-refractivity contribution in [1.29, 1.82) is 0 Å². The molecule has 234 valence electrons. The lowest BCUT2D eigenvalue weighted by Crippen LogP contribution is -2.38. The zero-order valence-electron chi connectivity index (χ0n) is 25.6. The van der Waals surface area contributed by atoms with E-state index in [0.717, 1.165) is 90.9 Å². The summed E-state index contributed by atoms with van der Waals surface area (Å²) in [5.41, 5.74) is 6.69. The third kappa shape index (κ3) is 7.69. The first-order chi connectivity index (χ1) is 21.1. The average Bonchev–Trinajstić information content (AvgIpc) is 3.69. The first-order valence-corrected chi connectivity index (χ1v) is 16.1. The third-order valence-corrected chi connectivity index (χ3v) is 9.87. The molecule has 10 nitrogen and oxygen atoms in total. The normalized spacial score (nSPS) is 18.2. The van der Waals surface area contributed by atoms with Crippen LogP contribution in [0.2, 0.25) is 0 Å². The fourth-order valence-electron chi connectivity index (χ4n) is 6.16. The maximum atomic E-state index is 13.6. The highest BCUT2D eigenvalue weighted by molar-refractivity contribution is 7.19. The van der Waals surface area contributed by atoms with E-state index in [9.17, 15) is 9.90 Å². The Morgan fingerprint density at radius 2 is 1.89 bits per heavy atom. The smallest absolute Gasteiger partial charge is 0.290 e. The monoisotopic (exact) mass is 618 g/mol. The number of aromatic nitrogens is 4. The molecule has 1 aliphatic heterocycles. The Balaban J connectivity index is 0.00000123. The molecule has 0 bridgehead atoms. The van der Waals surface area contributed by atoms with Crippen molar-refractivity contribution in [1.82, 2.24) is 30.4 Å². The van der Waals surface area contributed by atoms with Crippen LogP contribution in [0.3, 0.4) is 0 Å². The Morgan fingerprint density at radius 3 is 2.55 bits per heavy atom. The van der Waals surface area contributed by atoms with Gasteiger partial charge in [-0.25, -0.2) is 9.97 Å². The van der Waals surface area contributed by atoms with E-state index >= 15 is 0 Å². The van der Waals surface area contributed by atoms with Crippen molar-refractivity contribution >= 4 is 34.1 Å². The summed E-state index contributed by atoms with van der Waals surface area (Å²) in [6.07, 6.45) is 9.02. The Bertz CT molecular complexity index is 1540. The average molecular weight is 619 g/mol. The van der Waals surface area contributed by atoms with Crippen LogP contribution in [0.5, 0.6) is 0 Å². The molecule has 0 radical (unpaired) electrons. The van der Waals surface area contributed by atoms with E-state index in [1.807, 2.05) is 6.20 Å². The molecule has 44 heavy (non-hydrogen) atoms. The lowest BCUT2D eigenvalue weighted by Gasteiger charge is -2.34. The van der Waals surface area contributed by atoms with E-state index in [0.29, 0.717) is 10.9 Å². The summed E-state index contributed by atoms with van der Waals surface area (Å²) < 4.78 is 0. The predicted octanol–water partition coefficient (Wildman–Crippen LogP) is 5.25. The summed E-state index contributed by atoms with van der Waals surface area (Å²) in [7, 11) is 0.